The van der Waals surface area contributed by atoms with Crippen molar-refractivity contribution in [1.29, 1.82) is 0 Å². The van der Waals surface area contributed by atoms with E-state index in [2.05, 4.69) is 36.1 Å². The van der Waals surface area contributed by atoms with Crippen molar-refractivity contribution < 1.29 is 0 Å². The van der Waals surface area contributed by atoms with Gasteiger partial charge in [0.1, 0.15) is 0 Å². The summed E-state index contributed by atoms with van der Waals surface area (Å²) in [4.78, 5) is 2.59. The first-order chi connectivity index (χ1) is 8.79. The van der Waals surface area contributed by atoms with Gasteiger partial charge in [-0.3, -0.25) is 4.90 Å². The van der Waals surface area contributed by atoms with Gasteiger partial charge in [-0.2, -0.15) is 0 Å². The summed E-state index contributed by atoms with van der Waals surface area (Å²) < 4.78 is 0. The minimum absolute atomic E-state index is 0.470. The third-order valence-corrected chi connectivity index (χ3v) is 4.01. The number of benzene rings is 1. The molecule has 0 radical (unpaired) electrons. The minimum atomic E-state index is 0.470. The van der Waals surface area contributed by atoms with Gasteiger partial charge in [0, 0.05) is 6.54 Å². The normalized spacial score (nSPS) is 19.4. The second kappa shape index (κ2) is 6.91. The molecule has 2 heteroatoms. The fourth-order valence-corrected chi connectivity index (χ4v) is 2.64. The van der Waals surface area contributed by atoms with Gasteiger partial charge in [-0.05, 0) is 49.5 Å². The van der Waals surface area contributed by atoms with Crippen LogP contribution in [-0.4, -0.2) is 24.5 Å². The van der Waals surface area contributed by atoms with E-state index in [4.69, 9.17) is 5.73 Å². The Morgan fingerprint density at radius 1 is 1.06 bits per heavy atom. The lowest BCUT2D eigenvalue weighted by molar-refractivity contribution is 0.277. The van der Waals surface area contributed by atoms with Crippen LogP contribution in [0.3, 0.4) is 0 Å². The van der Waals surface area contributed by atoms with Crippen molar-refractivity contribution in [2.45, 2.75) is 45.1 Å². The summed E-state index contributed by atoms with van der Waals surface area (Å²) in [5.74, 6) is 0.470. The molecule has 1 aromatic carbocycles. The molecule has 2 rings (SSSR count). The minimum Gasteiger partial charge on any atom is -0.330 e. The first-order valence-electron chi connectivity index (χ1n) is 7.31. The van der Waals surface area contributed by atoms with Crippen LogP contribution in [0.4, 0.5) is 0 Å². The summed E-state index contributed by atoms with van der Waals surface area (Å²) in [6.45, 7) is 6.55. The molecule has 1 aliphatic heterocycles. The van der Waals surface area contributed by atoms with Gasteiger partial charge >= 0.3 is 0 Å². The fourth-order valence-electron chi connectivity index (χ4n) is 2.64. The molecule has 1 aliphatic rings. The Hall–Kier alpha value is -0.860. The zero-order valence-corrected chi connectivity index (χ0v) is 11.6. The van der Waals surface area contributed by atoms with Gasteiger partial charge in [0.05, 0.1) is 0 Å². The van der Waals surface area contributed by atoms with E-state index in [-0.39, 0.29) is 0 Å². The average molecular weight is 246 g/mol. The zero-order chi connectivity index (χ0) is 12.8. The lowest BCUT2D eigenvalue weighted by atomic mass is 10.00. The van der Waals surface area contributed by atoms with E-state index < -0.39 is 0 Å². The smallest absolute Gasteiger partial charge is 0.0233 e. The Morgan fingerprint density at radius 3 is 2.22 bits per heavy atom. The standard InChI is InChI=1S/C16H26N2/c1-14(12-17)16-8-6-15(7-9-16)13-18-10-4-2-3-5-11-18/h6-9,14H,2-5,10-13,17H2,1H3. The Morgan fingerprint density at radius 2 is 1.67 bits per heavy atom. The molecule has 1 fully saturated rings. The Kier molecular flexibility index (Phi) is 5.21. The van der Waals surface area contributed by atoms with Crippen molar-refractivity contribution in [3.8, 4) is 0 Å². The molecule has 1 saturated heterocycles. The van der Waals surface area contributed by atoms with Crippen LogP contribution in [0.1, 0.15) is 49.7 Å². The number of rotatable bonds is 4. The van der Waals surface area contributed by atoms with Crippen LogP contribution in [0.15, 0.2) is 24.3 Å². The van der Waals surface area contributed by atoms with Crippen molar-refractivity contribution >= 4 is 0 Å². The van der Waals surface area contributed by atoms with Crippen molar-refractivity contribution in [2.75, 3.05) is 19.6 Å². The topological polar surface area (TPSA) is 29.3 Å². The highest BCUT2D eigenvalue weighted by Gasteiger charge is 2.09. The molecule has 1 atom stereocenters. The van der Waals surface area contributed by atoms with Crippen LogP contribution < -0.4 is 5.73 Å². The Bertz CT molecular complexity index is 337. The monoisotopic (exact) mass is 246 g/mol. The van der Waals surface area contributed by atoms with Crippen LogP contribution in [0.25, 0.3) is 0 Å². The van der Waals surface area contributed by atoms with Gasteiger partial charge in [0.25, 0.3) is 0 Å². The van der Waals surface area contributed by atoms with Gasteiger partial charge in [-0.1, -0.05) is 44.0 Å². The quantitative estimate of drug-likeness (QED) is 0.884. The Labute approximate surface area is 111 Å². The van der Waals surface area contributed by atoms with Crippen molar-refractivity contribution in [1.82, 2.24) is 4.90 Å². The Balaban J connectivity index is 1.92. The van der Waals surface area contributed by atoms with E-state index in [1.807, 2.05) is 0 Å². The molecule has 1 unspecified atom stereocenters. The molecule has 0 aliphatic carbocycles. The zero-order valence-electron chi connectivity index (χ0n) is 11.6. The molecular formula is C16H26N2. The lowest BCUT2D eigenvalue weighted by Gasteiger charge is -2.20. The van der Waals surface area contributed by atoms with Crippen LogP contribution in [0.2, 0.25) is 0 Å². The summed E-state index contributed by atoms with van der Waals surface area (Å²) in [5, 5.41) is 0. The van der Waals surface area contributed by atoms with E-state index in [0.717, 1.165) is 13.1 Å². The highest BCUT2D eigenvalue weighted by Crippen LogP contribution is 2.17. The lowest BCUT2D eigenvalue weighted by Crippen LogP contribution is -2.23. The van der Waals surface area contributed by atoms with Gasteiger partial charge < -0.3 is 5.73 Å². The molecule has 0 bridgehead atoms. The summed E-state index contributed by atoms with van der Waals surface area (Å²) in [5.41, 5.74) is 8.49. The highest BCUT2D eigenvalue weighted by molar-refractivity contribution is 5.25. The van der Waals surface area contributed by atoms with E-state index in [1.54, 1.807) is 0 Å². The summed E-state index contributed by atoms with van der Waals surface area (Å²) in [7, 11) is 0. The largest absolute Gasteiger partial charge is 0.330 e. The molecule has 2 nitrogen and oxygen atoms in total. The average Bonchev–Trinajstić information content (AvgIpc) is 2.67. The SMILES string of the molecule is CC(CN)c1ccc(CN2CCCCCC2)cc1. The first kappa shape index (κ1) is 13.6. The number of hydrogen-bond acceptors (Lipinski definition) is 2. The molecule has 0 spiro atoms. The van der Waals surface area contributed by atoms with E-state index in [0.29, 0.717) is 5.92 Å². The fraction of sp³-hybridized carbons (Fsp3) is 0.625. The number of hydrogen-bond donors (Lipinski definition) is 1. The van der Waals surface area contributed by atoms with E-state index in [9.17, 15) is 0 Å². The molecule has 2 N–H and O–H groups in total. The predicted octanol–water partition coefficient (Wildman–Crippen LogP) is 3.12. The second-order valence-corrected chi connectivity index (χ2v) is 5.57. The van der Waals surface area contributed by atoms with Gasteiger partial charge in [-0.15, -0.1) is 0 Å². The maximum absolute atomic E-state index is 5.70. The molecule has 100 valence electrons. The highest BCUT2D eigenvalue weighted by atomic mass is 15.1. The second-order valence-electron chi connectivity index (χ2n) is 5.57. The van der Waals surface area contributed by atoms with Crippen LogP contribution in [0, 0.1) is 0 Å². The van der Waals surface area contributed by atoms with Gasteiger partial charge in [-0.25, -0.2) is 0 Å². The van der Waals surface area contributed by atoms with Gasteiger partial charge in [0.2, 0.25) is 0 Å². The van der Waals surface area contributed by atoms with Crippen LogP contribution in [-0.2, 0) is 6.54 Å². The molecule has 18 heavy (non-hydrogen) atoms. The van der Waals surface area contributed by atoms with Crippen molar-refractivity contribution in [2.24, 2.45) is 5.73 Å². The number of likely N-dealkylation sites (tertiary alicyclic amines) is 1. The maximum Gasteiger partial charge on any atom is 0.0233 e. The van der Waals surface area contributed by atoms with Crippen molar-refractivity contribution in [3.63, 3.8) is 0 Å². The van der Waals surface area contributed by atoms with Crippen LogP contribution in [0.5, 0.6) is 0 Å². The molecule has 0 amide bonds. The number of nitrogens with zero attached hydrogens (tertiary/aromatic N) is 1. The third-order valence-electron chi connectivity index (χ3n) is 4.01. The summed E-state index contributed by atoms with van der Waals surface area (Å²) >= 11 is 0. The maximum atomic E-state index is 5.70. The van der Waals surface area contributed by atoms with Crippen LogP contribution >= 0.6 is 0 Å². The molecule has 0 saturated carbocycles. The molecular weight excluding hydrogens is 220 g/mol. The first-order valence-corrected chi connectivity index (χ1v) is 7.31. The van der Waals surface area contributed by atoms with Gasteiger partial charge in [0.15, 0.2) is 0 Å². The summed E-state index contributed by atoms with van der Waals surface area (Å²) in [6, 6.07) is 9.02. The van der Waals surface area contributed by atoms with E-state index in [1.165, 1.54) is 49.9 Å². The molecule has 1 aromatic rings. The third kappa shape index (κ3) is 3.82. The van der Waals surface area contributed by atoms with E-state index >= 15 is 0 Å². The predicted molar refractivity (Wildman–Crippen MR) is 77.7 cm³/mol. The number of nitrogens with two attached hydrogens (primary N) is 1. The molecule has 1 heterocycles. The van der Waals surface area contributed by atoms with Crippen molar-refractivity contribution in [3.05, 3.63) is 35.4 Å². The molecule has 0 aromatic heterocycles. The summed E-state index contributed by atoms with van der Waals surface area (Å²) in [6.07, 6.45) is 5.54.